The summed E-state index contributed by atoms with van der Waals surface area (Å²) in [5.41, 5.74) is 0. The van der Waals surface area contributed by atoms with Crippen molar-refractivity contribution >= 4 is 5.91 Å². The maximum atomic E-state index is 11.3. The lowest BCUT2D eigenvalue weighted by Crippen LogP contribution is -2.25. The van der Waals surface area contributed by atoms with Crippen molar-refractivity contribution in [1.29, 1.82) is 0 Å². The summed E-state index contributed by atoms with van der Waals surface area (Å²) in [6.07, 6.45) is 17.5. The molecule has 1 amide bonds. The van der Waals surface area contributed by atoms with Crippen LogP contribution in [0.5, 0.6) is 0 Å². The summed E-state index contributed by atoms with van der Waals surface area (Å²) in [5, 5.41) is 2.83. The van der Waals surface area contributed by atoms with Crippen LogP contribution in [0.3, 0.4) is 0 Å². The number of carbonyl (C=O) groups is 1. The third kappa shape index (κ3) is 12.5. The number of hydrogen-bond acceptors (Lipinski definition) is 1. The standard InChI is InChI=1S/C16H25NO/c1-4-5-6-7-8-9-10-11-12-13-16(18)17-14-15(2)3/h4-7,10-13,15H,8-9,14H2,1-3H3,(H,17,18)/b5-4-,7-6?,11-10?,13-12?. The molecule has 0 saturated carbocycles. The van der Waals surface area contributed by atoms with Crippen molar-refractivity contribution < 1.29 is 4.79 Å². The van der Waals surface area contributed by atoms with Crippen LogP contribution in [-0.2, 0) is 4.79 Å². The molecule has 0 spiro atoms. The molecule has 2 nitrogen and oxygen atoms in total. The van der Waals surface area contributed by atoms with Crippen LogP contribution >= 0.6 is 0 Å². The average Bonchev–Trinajstić information content (AvgIpc) is 2.34. The van der Waals surface area contributed by atoms with Gasteiger partial charge in [-0.25, -0.2) is 0 Å². The largest absolute Gasteiger partial charge is 0.352 e. The second kappa shape index (κ2) is 11.9. The number of unbranched alkanes of at least 4 members (excludes halogenated alkanes) is 1. The molecule has 0 aliphatic carbocycles. The Kier molecular flexibility index (Phi) is 10.9. The first kappa shape index (κ1) is 16.4. The van der Waals surface area contributed by atoms with E-state index in [4.69, 9.17) is 0 Å². The zero-order valence-electron chi connectivity index (χ0n) is 11.7. The fourth-order valence-electron chi connectivity index (χ4n) is 1.16. The number of allylic oxidation sites excluding steroid dienone is 7. The van der Waals surface area contributed by atoms with Crippen molar-refractivity contribution in [3.63, 3.8) is 0 Å². The number of carbonyl (C=O) groups excluding carboxylic acids is 1. The van der Waals surface area contributed by atoms with Gasteiger partial charge in [-0.1, -0.05) is 56.4 Å². The van der Waals surface area contributed by atoms with Gasteiger partial charge in [-0.15, -0.1) is 0 Å². The Bertz CT molecular complexity index is 322. The summed E-state index contributed by atoms with van der Waals surface area (Å²) < 4.78 is 0. The Morgan fingerprint density at radius 2 is 1.67 bits per heavy atom. The summed E-state index contributed by atoms with van der Waals surface area (Å²) in [6, 6.07) is 0. The van der Waals surface area contributed by atoms with Gasteiger partial charge in [-0.2, -0.15) is 0 Å². The quantitative estimate of drug-likeness (QED) is 0.395. The molecule has 0 aromatic heterocycles. The first-order valence-electron chi connectivity index (χ1n) is 6.55. The summed E-state index contributed by atoms with van der Waals surface area (Å²) in [6.45, 7) is 6.87. The molecule has 0 aromatic rings. The first-order valence-corrected chi connectivity index (χ1v) is 6.55. The van der Waals surface area contributed by atoms with Crippen molar-refractivity contribution in [2.24, 2.45) is 5.92 Å². The lowest BCUT2D eigenvalue weighted by Gasteiger charge is -2.03. The third-order valence-electron chi connectivity index (χ3n) is 2.12. The molecule has 0 bridgehead atoms. The predicted octanol–water partition coefficient (Wildman–Crippen LogP) is 3.78. The number of nitrogens with one attached hydrogen (secondary N) is 1. The maximum Gasteiger partial charge on any atom is 0.243 e. The Labute approximate surface area is 111 Å². The highest BCUT2D eigenvalue weighted by atomic mass is 16.1. The number of hydrogen-bond donors (Lipinski definition) is 1. The van der Waals surface area contributed by atoms with Gasteiger partial charge in [0.2, 0.25) is 5.91 Å². The van der Waals surface area contributed by atoms with Crippen molar-refractivity contribution in [3.8, 4) is 0 Å². The van der Waals surface area contributed by atoms with Crippen LogP contribution in [0.25, 0.3) is 0 Å². The van der Waals surface area contributed by atoms with E-state index in [0.717, 1.165) is 19.4 Å². The van der Waals surface area contributed by atoms with E-state index in [1.165, 1.54) is 0 Å². The Hall–Kier alpha value is -1.57. The third-order valence-corrected chi connectivity index (χ3v) is 2.12. The maximum absolute atomic E-state index is 11.3. The van der Waals surface area contributed by atoms with Crippen molar-refractivity contribution in [1.82, 2.24) is 5.32 Å². The van der Waals surface area contributed by atoms with E-state index in [1.54, 1.807) is 12.2 Å². The van der Waals surface area contributed by atoms with Gasteiger partial charge in [-0.05, 0) is 25.7 Å². The van der Waals surface area contributed by atoms with Crippen LogP contribution in [0, 0.1) is 5.92 Å². The molecular formula is C16H25NO. The van der Waals surface area contributed by atoms with E-state index in [2.05, 4.69) is 31.3 Å². The van der Waals surface area contributed by atoms with E-state index in [9.17, 15) is 4.79 Å². The molecule has 0 radical (unpaired) electrons. The van der Waals surface area contributed by atoms with Crippen LogP contribution in [0.15, 0.2) is 48.6 Å². The van der Waals surface area contributed by atoms with Crippen LogP contribution in [0.1, 0.15) is 33.6 Å². The zero-order chi connectivity index (χ0) is 13.6. The van der Waals surface area contributed by atoms with Crippen molar-refractivity contribution in [3.05, 3.63) is 48.6 Å². The lowest BCUT2D eigenvalue weighted by molar-refractivity contribution is -0.116. The van der Waals surface area contributed by atoms with Gasteiger partial charge in [-0.3, -0.25) is 4.79 Å². The lowest BCUT2D eigenvalue weighted by atomic mass is 10.2. The van der Waals surface area contributed by atoms with Crippen LogP contribution in [0.4, 0.5) is 0 Å². The van der Waals surface area contributed by atoms with Gasteiger partial charge in [0.15, 0.2) is 0 Å². The number of rotatable bonds is 8. The Balaban J connectivity index is 3.64. The molecule has 2 heteroatoms. The second-order valence-electron chi connectivity index (χ2n) is 4.46. The highest BCUT2D eigenvalue weighted by Crippen LogP contribution is 1.94. The molecular weight excluding hydrogens is 222 g/mol. The molecule has 0 aromatic carbocycles. The number of amides is 1. The smallest absolute Gasteiger partial charge is 0.243 e. The minimum Gasteiger partial charge on any atom is -0.352 e. The molecule has 100 valence electrons. The van der Waals surface area contributed by atoms with Crippen LogP contribution in [-0.4, -0.2) is 12.5 Å². The fraction of sp³-hybridized carbons (Fsp3) is 0.438. The van der Waals surface area contributed by atoms with Gasteiger partial charge >= 0.3 is 0 Å². The summed E-state index contributed by atoms with van der Waals surface area (Å²) in [5.74, 6) is 0.461. The molecule has 0 atom stereocenters. The summed E-state index contributed by atoms with van der Waals surface area (Å²) in [7, 11) is 0. The first-order chi connectivity index (χ1) is 8.66. The van der Waals surface area contributed by atoms with Crippen LogP contribution < -0.4 is 5.32 Å². The topological polar surface area (TPSA) is 29.1 Å². The Morgan fingerprint density at radius 1 is 1.06 bits per heavy atom. The minimum absolute atomic E-state index is 0.0265. The average molecular weight is 247 g/mol. The van der Waals surface area contributed by atoms with E-state index >= 15 is 0 Å². The van der Waals surface area contributed by atoms with Crippen molar-refractivity contribution in [2.45, 2.75) is 33.6 Å². The van der Waals surface area contributed by atoms with Crippen LogP contribution in [0.2, 0.25) is 0 Å². The van der Waals surface area contributed by atoms with E-state index in [1.807, 2.05) is 31.2 Å². The molecule has 0 fully saturated rings. The zero-order valence-corrected chi connectivity index (χ0v) is 11.7. The molecule has 0 aliphatic rings. The molecule has 1 N–H and O–H groups in total. The fourth-order valence-corrected chi connectivity index (χ4v) is 1.16. The monoisotopic (exact) mass is 247 g/mol. The molecule has 0 rings (SSSR count). The molecule has 0 aliphatic heterocycles. The highest BCUT2D eigenvalue weighted by molar-refractivity contribution is 5.87. The normalized spacial score (nSPS) is 12.7. The Morgan fingerprint density at radius 3 is 2.22 bits per heavy atom. The molecule has 0 heterocycles. The van der Waals surface area contributed by atoms with E-state index in [-0.39, 0.29) is 5.91 Å². The van der Waals surface area contributed by atoms with Crippen molar-refractivity contribution in [2.75, 3.05) is 6.54 Å². The van der Waals surface area contributed by atoms with Gasteiger partial charge < -0.3 is 5.32 Å². The minimum atomic E-state index is -0.0265. The van der Waals surface area contributed by atoms with Gasteiger partial charge in [0, 0.05) is 12.6 Å². The second-order valence-corrected chi connectivity index (χ2v) is 4.46. The van der Waals surface area contributed by atoms with E-state index in [0.29, 0.717) is 5.92 Å². The van der Waals surface area contributed by atoms with E-state index < -0.39 is 0 Å². The summed E-state index contributed by atoms with van der Waals surface area (Å²) >= 11 is 0. The molecule has 0 saturated heterocycles. The molecule has 18 heavy (non-hydrogen) atoms. The highest BCUT2D eigenvalue weighted by Gasteiger charge is 1.95. The predicted molar refractivity (Wildman–Crippen MR) is 79.3 cm³/mol. The summed E-state index contributed by atoms with van der Waals surface area (Å²) in [4.78, 5) is 11.3. The van der Waals surface area contributed by atoms with Gasteiger partial charge in [0.25, 0.3) is 0 Å². The van der Waals surface area contributed by atoms with Gasteiger partial charge in [0.1, 0.15) is 0 Å². The SMILES string of the molecule is C/C=C\C=CCCC=CC=CC(=O)NCC(C)C. The molecule has 0 unspecified atom stereocenters. The van der Waals surface area contributed by atoms with Gasteiger partial charge in [0.05, 0.1) is 0 Å².